The summed E-state index contributed by atoms with van der Waals surface area (Å²) in [6, 6.07) is 24.0. The molecule has 284 valence electrons. The summed E-state index contributed by atoms with van der Waals surface area (Å²) in [4.78, 5) is 8.67. The zero-order valence-electron chi connectivity index (χ0n) is 29.6. The summed E-state index contributed by atoms with van der Waals surface area (Å²) in [5.74, 6) is 0.523. The summed E-state index contributed by atoms with van der Waals surface area (Å²) in [5.41, 5.74) is 5.03. The number of ether oxygens (including phenoxy) is 1. The third-order valence-corrected chi connectivity index (χ3v) is 14.6. The first-order valence-corrected chi connectivity index (χ1v) is 21.5. The Labute approximate surface area is 332 Å². The number of nitrogens with one attached hydrogen (secondary N) is 1. The second-order valence-electron chi connectivity index (χ2n) is 11.9. The number of hydrogen-bond acceptors (Lipinski definition) is 11. The molecule has 11 nitrogen and oxygen atoms in total. The molecule has 0 radical (unpaired) electrons. The van der Waals surface area contributed by atoms with Crippen LogP contribution in [0.5, 0.6) is 5.75 Å². The molecular formula is C37H36Cl2N4O7S4. The van der Waals surface area contributed by atoms with Gasteiger partial charge in [-0.1, -0.05) is 72.3 Å². The zero-order valence-corrected chi connectivity index (χ0v) is 34.3. The van der Waals surface area contributed by atoms with E-state index in [4.69, 9.17) is 28.1 Å². The number of anilines is 2. The van der Waals surface area contributed by atoms with Crippen molar-refractivity contribution in [2.75, 3.05) is 15.7 Å². The second-order valence-corrected chi connectivity index (χ2v) is 18.0. The Kier molecular flexibility index (Phi) is 13.1. The van der Waals surface area contributed by atoms with Gasteiger partial charge in [0.2, 0.25) is 5.13 Å². The molecule has 0 aliphatic carbocycles. The van der Waals surface area contributed by atoms with Crippen molar-refractivity contribution in [1.82, 2.24) is 9.97 Å². The number of aliphatic hydroxyl groups is 2. The molecule has 3 N–H and O–H groups in total. The molecule has 2 heterocycles. The van der Waals surface area contributed by atoms with Gasteiger partial charge in [-0.2, -0.15) is 8.42 Å². The van der Waals surface area contributed by atoms with E-state index in [1.165, 1.54) is 19.2 Å². The number of halogens is 2. The lowest BCUT2D eigenvalue weighted by Crippen LogP contribution is -2.22. The molecule has 2 atom stereocenters. The standard InChI is InChI=1S/C19H19ClN2O3S2.C18H17ClN2O4S2/c1-12-8-6-9-15(14(12)3)18(23)16-11-26-19(21-16)22(20)27(24,25)17-10-5-4-7-13(17)2;1-11-13(19)7-5-9-16(11)27(23,24)21-18-20-14(10-26-18)17(22)12-6-3-4-8-15(12)25-2/h4-11,18,23H,1-3H3;3-10,17,22H,1-2H3,(H,20,21). The molecule has 0 spiro atoms. The van der Waals surface area contributed by atoms with Gasteiger partial charge in [-0.05, 0) is 79.8 Å². The number of benzene rings is 4. The first-order valence-electron chi connectivity index (χ1n) is 16.1. The van der Waals surface area contributed by atoms with Gasteiger partial charge in [0.1, 0.15) is 18.0 Å². The fourth-order valence-corrected chi connectivity index (χ4v) is 10.4. The Hall–Kier alpha value is -4.06. The monoisotopic (exact) mass is 846 g/mol. The van der Waals surface area contributed by atoms with Gasteiger partial charge in [0.15, 0.2) is 5.13 Å². The van der Waals surface area contributed by atoms with Gasteiger partial charge in [0.05, 0.1) is 28.3 Å². The third-order valence-electron chi connectivity index (χ3n) is 8.43. The van der Waals surface area contributed by atoms with E-state index < -0.39 is 32.3 Å². The van der Waals surface area contributed by atoms with Gasteiger partial charge in [0.25, 0.3) is 20.0 Å². The summed E-state index contributed by atoms with van der Waals surface area (Å²) in [6.45, 7) is 7.23. The maximum atomic E-state index is 12.8. The first kappa shape index (κ1) is 41.1. The second kappa shape index (κ2) is 17.2. The molecule has 4 aromatic carbocycles. The van der Waals surface area contributed by atoms with Crippen LogP contribution in [-0.4, -0.2) is 44.1 Å². The maximum absolute atomic E-state index is 12.8. The quantitative estimate of drug-likeness (QED) is 0.109. The number of aliphatic hydroxyl groups excluding tert-OH is 2. The van der Waals surface area contributed by atoms with E-state index in [1.54, 1.807) is 79.2 Å². The molecule has 17 heteroatoms. The van der Waals surface area contributed by atoms with Crippen LogP contribution in [0.25, 0.3) is 0 Å². The Balaban J connectivity index is 0.000000208. The van der Waals surface area contributed by atoms with Crippen LogP contribution in [0.2, 0.25) is 5.02 Å². The van der Waals surface area contributed by atoms with Crippen molar-refractivity contribution in [2.45, 2.75) is 49.7 Å². The molecule has 6 rings (SSSR count). The largest absolute Gasteiger partial charge is 0.496 e. The number of thiazole rings is 2. The fraction of sp³-hybridized carbons (Fsp3) is 0.189. The Morgan fingerprint density at radius 2 is 1.30 bits per heavy atom. The van der Waals surface area contributed by atoms with Crippen LogP contribution >= 0.6 is 46.1 Å². The van der Waals surface area contributed by atoms with E-state index in [-0.39, 0.29) is 20.1 Å². The van der Waals surface area contributed by atoms with Crippen LogP contribution in [-0.2, 0) is 20.0 Å². The minimum atomic E-state index is -3.95. The Morgan fingerprint density at radius 1 is 0.722 bits per heavy atom. The van der Waals surface area contributed by atoms with E-state index in [2.05, 4.69) is 14.7 Å². The summed E-state index contributed by atoms with van der Waals surface area (Å²) < 4.78 is 59.2. The van der Waals surface area contributed by atoms with Crippen molar-refractivity contribution >= 4 is 76.4 Å². The van der Waals surface area contributed by atoms with Gasteiger partial charge in [-0.25, -0.2) is 18.4 Å². The highest BCUT2D eigenvalue weighted by atomic mass is 35.5. The predicted octanol–water partition coefficient (Wildman–Crippen LogP) is 8.50. The van der Waals surface area contributed by atoms with E-state index in [1.807, 2.05) is 32.0 Å². The van der Waals surface area contributed by atoms with Crippen LogP contribution in [0.15, 0.2) is 105 Å². The summed E-state index contributed by atoms with van der Waals surface area (Å²) in [6.07, 6.45) is -2.00. The topological polar surface area (TPSA) is 159 Å². The highest BCUT2D eigenvalue weighted by molar-refractivity contribution is 7.94. The number of aromatic nitrogens is 2. The van der Waals surface area contributed by atoms with Crippen molar-refractivity contribution < 1.29 is 31.8 Å². The van der Waals surface area contributed by atoms with Gasteiger partial charge in [-0.3, -0.25) is 4.72 Å². The van der Waals surface area contributed by atoms with E-state index in [0.29, 0.717) is 42.7 Å². The predicted molar refractivity (Wildman–Crippen MR) is 215 cm³/mol. The van der Waals surface area contributed by atoms with Crippen molar-refractivity contribution in [2.24, 2.45) is 0 Å². The molecule has 2 unspecified atom stereocenters. The van der Waals surface area contributed by atoms with Gasteiger partial charge < -0.3 is 14.9 Å². The summed E-state index contributed by atoms with van der Waals surface area (Å²) >= 11 is 14.3. The lowest BCUT2D eigenvalue weighted by Gasteiger charge is -2.15. The molecule has 0 bridgehead atoms. The smallest absolute Gasteiger partial charge is 0.280 e. The molecule has 2 aromatic heterocycles. The van der Waals surface area contributed by atoms with Gasteiger partial charge in [-0.15, -0.1) is 26.5 Å². The SMILES string of the molecule is COc1ccccc1C(O)c1csc(NS(=O)(=O)c2cccc(Cl)c2C)n1.Cc1ccccc1S(=O)(=O)N(Cl)c1nc(C(O)c2cccc(C)c2C)cs1. The number of sulfonamides is 2. The molecule has 0 fully saturated rings. The molecule has 0 saturated heterocycles. The van der Waals surface area contributed by atoms with Crippen LogP contribution in [0.3, 0.4) is 0 Å². The zero-order chi connectivity index (χ0) is 39.4. The summed E-state index contributed by atoms with van der Waals surface area (Å²) in [5, 5.41) is 25.1. The minimum absolute atomic E-state index is 0.0806. The third kappa shape index (κ3) is 8.90. The lowest BCUT2D eigenvalue weighted by atomic mass is 9.98. The maximum Gasteiger partial charge on any atom is 0.280 e. The molecule has 0 amide bonds. The van der Waals surface area contributed by atoms with Crippen molar-refractivity contribution in [3.8, 4) is 5.75 Å². The van der Waals surface area contributed by atoms with Gasteiger partial charge in [0, 0.05) is 33.1 Å². The average molecular weight is 848 g/mol. The van der Waals surface area contributed by atoms with Crippen LogP contribution in [0.1, 0.15) is 57.0 Å². The fourth-order valence-electron chi connectivity index (χ4n) is 5.31. The minimum Gasteiger partial charge on any atom is -0.496 e. The average Bonchev–Trinajstić information content (AvgIpc) is 3.84. The lowest BCUT2D eigenvalue weighted by molar-refractivity contribution is 0.211. The van der Waals surface area contributed by atoms with E-state index in [0.717, 1.165) is 39.4 Å². The molecule has 54 heavy (non-hydrogen) atoms. The highest BCUT2D eigenvalue weighted by Crippen LogP contribution is 2.35. The Bertz CT molecular complexity index is 2490. The molecular weight excluding hydrogens is 812 g/mol. The van der Waals surface area contributed by atoms with Gasteiger partial charge >= 0.3 is 0 Å². The molecule has 6 aromatic rings. The molecule has 0 saturated carbocycles. The van der Waals surface area contributed by atoms with Crippen molar-refractivity contribution in [3.63, 3.8) is 0 Å². The first-order chi connectivity index (χ1) is 25.6. The molecule has 0 aliphatic heterocycles. The van der Waals surface area contributed by atoms with Crippen LogP contribution < -0.4 is 13.3 Å². The number of nitrogens with zero attached hydrogens (tertiary/aromatic N) is 3. The van der Waals surface area contributed by atoms with E-state index in [9.17, 15) is 27.0 Å². The van der Waals surface area contributed by atoms with Crippen molar-refractivity contribution in [3.05, 3.63) is 145 Å². The normalized spacial score (nSPS) is 12.7. The van der Waals surface area contributed by atoms with Crippen LogP contribution in [0, 0.1) is 27.7 Å². The van der Waals surface area contributed by atoms with Crippen LogP contribution in [0.4, 0.5) is 10.3 Å². The van der Waals surface area contributed by atoms with Crippen molar-refractivity contribution in [1.29, 1.82) is 0 Å². The van der Waals surface area contributed by atoms with E-state index >= 15 is 0 Å². The Morgan fingerprint density at radius 3 is 2.02 bits per heavy atom. The summed E-state index contributed by atoms with van der Waals surface area (Å²) in [7, 11) is -6.29. The number of hydrogen-bond donors (Lipinski definition) is 3. The molecule has 0 aliphatic rings. The number of para-hydroxylation sites is 1. The number of methoxy groups -OCH3 is 1. The highest BCUT2D eigenvalue weighted by Gasteiger charge is 2.29. The number of rotatable bonds is 11. The number of aryl methyl sites for hydroxylation is 2.